The average molecular weight is 212 g/mol. The predicted molar refractivity (Wildman–Crippen MR) is 62.7 cm³/mol. The van der Waals surface area contributed by atoms with E-state index in [1.54, 1.807) is 0 Å². The normalized spacial score (nSPS) is 22.5. The molecule has 1 atom stereocenters. The van der Waals surface area contributed by atoms with E-state index in [1.807, 2.05) is 11.9 Å². The predicted octanol–water partition coefficient (Wildman–Crippen LogP) is 1.63. The van der Waals surface area contributed by atoms with Crippen molar-refractivity contribution < 1.29 is 4.79 Å². The Morgan fingerprint density at radius 2 is 2.20 bits per heavy atom. The fourth-order valence-corrected chi connectivity index (χ4v) is 1.87. The van der Waals surface area contributed by atoms with Gasteiger partial charge in [0.2, 0.25) is 5.91 Å². The van der Waals surface area contributed by atoms with Gasteiger partial charge in [-0.15, -0.1) is 0 Å². The molecule has 0 spiro atoms. The van der Waals surface area contributed by atoms with Gasteiger partial charge >= 0.3 is 0 Å². The molecular weight excluding hydrogens is 188 g/mol. The summed E-state index contributed by atoms with van der Waals surface area (Å²) in [6.45, 7) is 8.29. The van der Waals surface area contributed by atoms with Crippen LogP contribution in [0.4, 0.5) is 0 Å². The molecule has 3 heteroatoms. The summed E-state index contributed by atoms with van der Waals surface area (Å²) in [5, 5.41) is 3.29. The summed E-state index contributed by atoms with van der Waals surface area (Å²) in [6.07, 6.45) is 3.15. The molecule has 1 aliphatic rings. The topological polar surface area (TPSA) is 32.3 Å². The molecule has 0 unspecified atom stereocenters. The Morgan fingerprint density at radius 1 is 1.53 bits per heavy atom. The van der Waals surface area contributed by atoms with Gasteiger partial charge in [-0.1, -0.05) is 6.92 Å². The summed E-state index contributed by atoms with van der Waals surface area (Å²) in [5.41, 5.74) is -0.0193. The molecule has 1 fully saturated rings. The van der Waals surface area contributed by atoms with Crippen LogP contribution >= 0.6 is 0 Å². The van der Waals surface area contributed by atoms with Gasteiger partial charge in [-0.05, 0) is 39.7 Å². The van der Waals surface area contributed by atoms with Crippen molar-refractivity contribution in [2.24, 2.45) is 5.92 Å². The van der Waals surface area contributed by atoms with Gasteiger partial charge in [0, 0.05) is 19.1 Å². The van der Waals surface area contributed by atoms with Crippen molar-refractivity contribution in [1.29, 1.82) is 0 Å². The molecule has 0 saturated carbocycles. The maximum absolute atomic E-state index is 12.2. The van der Waals surface area contributed by atoms with Gasteiger partial charge in [0.25, 0.3) is 0 Å². The van der Waals surface area contributed by atoms with E-state index in [4.69, 9.17) is 0 Å². The number of carbonyl (C=O) groups excluding carboxylic acids is 1. The molecule has 0 radical (unpaired) electrons. The minimum atomic E-state index is -0.0193. The van der Waals surface area contributed by atoms with E-state index < -0.39 is 0 Å². The Bertz CT molecular complexity index is 220. The van der Waals surface area contributed by atoms with Crippen LogP contribution in [-0.4, -0.2) is 36.5 Å². The molecule has 0 aromatic carbocycles. The highest BCUT2D eigenvalue weighted by molar-refractivity contribution is 5.79. The van der Waals surface area contributed by atoms with Gasteiger partial charge in [-0.3, -0.25) is 4.79 Å². The minimum absolute atomic E-state index is 0.0193. The maximum atomic E-state index is 12.2. The van der Waals surface area contributed by atoms with Gasteiger partial charge < -0.3 is 10.2 Å². The maximum Gasteiger partial charge on any atom is 0.227 e. The fourth-order valence-electron chi connectivity index (χ4n) is 1.87. The number of piperidine rings is 1. The van der Waals surface area contributed by atoms with Gasteiger partial charge in [0.05, 0.1) is 5.92 Å². The van der Waals surface area contributed by atoms with E-state index in [2.05, 4.69) is 26.1 Å². The number of nitrogens with zero attached hydrogens (tertiary/aromatic N) is 1. The summed E-state index contributed by atoms with van der Waals surface area (Å²) < 4.78 is 0. The molecule has 3 nitrogen and oxygen atoms in total. The molecule has 1 N–H and O–H groups in total. The molecule has 0 bridgehead atoms. The van der Waals surface area contributed by atoms with Gasteiger partial charge in [0.1, 0.15) is 0 Å². The first-order valence-corrected chi connectivity index (χ1v) is 5.97. The summed E-state index contributed by atoms with van der Waals surface area (Å²) in [4.78, 5) is 14.1. The number of nitrogens with one attached hydrogen (secondary N) is 1. The summed E-state index contributed by atoms with van der Waals surface area (Å²) in [7, 11) is 1.93. The SMILES string of the molecule is CCC(C)(C)N(C)C(=O)[C@@H]1CCCNC1. The van der Waals surface area contributed by atoms with Crippen LogP contribution in [0, 0.1) is 5.92 Å². The molecule has 0 aromatic rings. The molecule has 15 heavy (non-hydrogen) atoms. The standard InChI is InChI=1S/C12H24N2O/c1-5-12(2,3)14(4)11(15)10-7-6-8-13-9-10/h10,13H,5-9H2,1-4H3/t10-/m1/s1. The molecule has 88 valence electrons. The first-order valence-electron chi connectivity index (χ1n) is 5.97. The number of hydrogen-bond donors (Lipinski definition) is 1. The number of rotatable bonds is 3. The van der Waals surface area contributed by atoms with E-state index in [1.165, 1.54) is 0 Å². The molecule has 0 aliphatic carbocycles. The summed E-state index contributed by atoms with van der Waals surface area (Å²) >= 11 is 0. The lowest BCUT2D eigenvalue weighted by Crippen LogP contribution is -2.49. The van der Waals surface area contributed by atoms with Crippen LogP contribution in [0.2, 0.25) is 0 Å². The minimum Gasteiger partial charge on any atom is -0.340 e. The highest BCUT2D eigenvalue weighted by Gasteiger charge is 2.31. The van der Waals surface area contributed by atoms with Crippen LogP contribution in [0.5, 0.6) is 0 Å². The molecule has 0 aromatic heterocycles. The first-order chi connectivity index (χ1) is 6.99. The second-order valence-corrected chi connectivity index (χ2v) is 5.11. The summed E-state index contributed by atoms with van der Waals surface area (Å²) in [5.74, 6) is 0.489. The fraction of sp³-hybridized carbons (Fsp3) is 0.917. The Balaban J connectivity index is 2.58. The van der Waals surface area contributed by atoms with Crippen molar-refractivity contribution in [1.82, 2.24) is 10.2 Å². The highest BCUT2D eigenvalue weighted by atomic mass is 16.2. The third-order valence-corrected chi connectivity index (χ3v) is 3.75. The molecule has 1 rings (SSSR count). The average Bonchev–Trinajstić information content (AvgIpc) is 2.28. The smallest absolute Gasteiger partial charge is 0.227 e. The lowest BCUT2D eigenvalue weighted by molar-refractivity contribution is -0.139. The lowest BCUT2D eigenvalue weighted by atomic mass is 9.93. The van der Waals surface area contributed by atoms with Crippen molar-refractivity contribution >= 4 is 5.91 Å². The number of hydrogen-bond acceptors (Lipinski definition) is 2. The van der Waals surface area contributed by atoms with E-state index in [-0.39, 0.29) is 11.5 Å². The van der Waals surface area contributed by atoms with Crippen LogP contribution in [0.3, 0.4) is 0 Å². The van der Waals surface area contributed by atoms with Crippen LogP contribution in [-0.2, 0) is 4.79 Å². The second-order valence-electron chi connectivity index (χ2n) is 5.11. The van der Waals surface area contributed by atoms with Crippen LogP contribution < -0.4 is 5.32 Å². The van der Waals surface area contributed by atoms with Crippen molar-refractivity contribution in [2.45, 2.75) is 45.6 Å². The van der Waals surface area contributed by atoms with Crippen molar-refractivity contribution in [3.05, 3.63) is 0 Å². The van der Waals surface area contributed by atoms with E-state index >= 15 is 0 Å². The Hall–Kier alpha value is -0.570. The molecule has 1 heterocycles. The van der Waals surface area contributed by atoms with Crippen LogP contribution in [0.25, 0.3) is 0 Å². The quantitative estimate of drug-likeness (QED) is 0.771. The van der Waals surface area contributed by atoms with Crippen LogP contribution in [0.15, 0.2) is 0 Å². The summed E-state index contributed by atoms with van der Waals surface area (Å²) in [6, 6.07) is 0. The van der Waals surface area contributed by atoms with E-state index in [0.29, 0.717) is 5.91 Å². The molecule has 1 amide bonds. The third kappa shape index (κ3) is 2.94. The zero-order valence-electron chi connectivity index (χ0n) is 10.5. The zero-order valence-corrected chi connectivity index (χ0v) is 10.5. The van der Waals surface area contributed by atoms with Crippen molar-refractivity contribution in [3.8, 4) is 0 Å². The monoisotopic (exact) mass is 212 g/mol. The van der Waals surface area contributed by atoms with Gasteiger partial charge in [0.15, 0.2) is 0 Å². The molecule has 1 saturated heterocycles. The van der Waals surface area contributed by atoms with Crippen molar-refractivity contribution in [3.63, 3.8) is 0 Å². The van der Waals surface area contributed by atoms with E-state index in [9.17, 15) is 4.79 Å². The Kier molecular flexibility index (Phi) is 4.14. The zero-order chi connectivity index (χ0) is 11.5. The molecule has 1 aliphatic heterocycles. The Morgan fingerprint density at radius 3 is 2.67 bits per heavy atom. The largest absolute Gasteiger partial charge is 0.340 e. The van der Waals surface area contributed by atoms with Crippen LogP contribution in [0.1, 0.15) is 40.0 Å². The first kappa shape index (κ1) is 12.5. The second kappa shape index (κ2) is 4.97. The van der Waals surface area contributed by atoms with Gasteiger partial charge in [-0.25, -0.2) is 0 Å². The lowest BCUT2D eigenvalue weighted by Gasteiger charge is -2.38. The third-order valence-electron chi connectivity index (χ3n) is 3.75. The highest BCUT2D eigenvalue weighted by Crippen LogP contribution is 2.21. The van der Waals surface area contributed by atoms with E-state index in [0.717, 1.165) is 32.4 Å². The molecular formula is C12H24N2O. The number of amides is 1. The Labute approximate surface area is 93.2 Å². The number of carbonyl (C=O) groups is 1. The van der Waals surface area contributed by atoms with Gasteiger partial charge in [-0.2, -0.15) is 0 Å². The van der Waals surface area contributed by atoms with Crippen molar-refractivity contribution in [2.75, 3.05) is 20.1 Å².